The quantitative estimate of drug-likeness (QED) is 0.555. The first kappa shape index (κ1) is 13.6. The number of aromatic hydroxyl groups is 2. The molecule has 1 aromatic heterocycles. The van der Waals surface area contributed by atoms with E-state index in [2.05, 4.69) is 0 Å². The number of hydrogen-bond acceptors (Lipinski definition) is 6. The monoisotopic (exact) mass is 299 g/mol. The molecule has 0 saturated heterocycles. The summed E-state index contributed by atoms with van der Waals surface area (Å²) in [5.41, 5.74) is -0.285. The van der Waals surface area contributed by atoms with Crippen LogP contribution < -0.4 is 5.43 Å². The molecule has 110 valence electrons. The van der Waals surface area contributed by atoms with Crippen molar-refractivity contribution in [2.24, 2.45) is 0 Å². The second kappa shape index (κ2) is 4.88. The Kier molecular flexibility index (Phi) is 3.03. The summed E-state index contributed by atoms with van der Waals surface area (Å²) < 4.78 is 5.25. The third kappa shape index (κ3) is 2.14. The molecule has 1 heterocycles. The first-order chi connectivity index (χ1) is 10.5. The molecule has 7 heteroatoms. The first-order valence-electron chi connectivity index (χ1n) is 6.19. The predicted octanol–water partition coefficient (Wildman–Crippen LogP) is 2.78. The highest BCUT2D eigenvalue weighted by Gasteiger charge is 2.17. The highest BCUT2D eigenvalue weighted by molar-refractivity contribution is 5.88. The number of rotatable bonds is 2. The zero-order chi connectivity index (χ0) is 15.9. The summed E-state index contributed by atoms with van der Waals surface area (Å²) in [6, 6.07) is 7.85. The van der Waals surface area contributed by atoms with Crippen LogP contribution >= 0.6 is 0 Å². The highest BCUT2D eigenvalue weighted by atomic mass is 16.6. The van der Waals surface area contributed by atoms with Crippen molar-refractivity contribution in [3.63, 3.8) is 0 Å². The number of phenols is 2. The van der Waals surface area contributed by atoms with Crippen LogP contribution in [0.15, 0.2) is 51.9 Å². The van der Waals surface area contributed by atoms with Crippen molar-refractivity contribution >= 4 is 16.7 Å². The summed E-state index contributed by atoms with van der Waals surface area (Å²) in [5, 5.41) is 29.8. The Morgan fingerprint density at radius 3 is 2.41 bits per heavy atom. The molecule has 0 atom stereocenters. The van der Waals surface area contributed by atoms with E-state index in [-0.39, 0.29) is 28.0 Å². The summed E-state index contributed by atoms with van der Waals surface area (Å²) >= 11 is 0. The number of benzene rings is 2. The van der Waals surface area contributed by atoms with Gasteiger partial charge in [-0.25, -0.2) is 0 Å². The summed E-state index contributed by atoms with van der Waals surface area (Å²) in [6.45, 7) is 0. The molecular weight excluding hydrogens is 290 g/mol. The number of nitro groups is 1. The third-order valence-corrected chi connectivity index (χ3v) is 3.23. The van der Waals surface area contributed by atoms with Gasteiger partial charge in [0, 0.05) is 0 Å². The van der Waals surface area contributed by atoms with Crippen LogP contribution in [0, 0.1) is 10.1 Å². The molecule has 22 heavy (non-hydrogen) atoms. The van der Waals surface area contributed by atoms with Crippen LogP contribution in [0.25, 0.3) is 22.1 Å². The van der Waals surface area contributed by atoms with E-state index in [0.717, 1.165) is 12.1 Å². The number of phenolic OH excluding ortho intramolecular Hbond substituents is 2. The van der Waals surface area contributed by atoms with E-state index in [0.29, 0.717) is 5.56 Å². The maximum absolute atomic E-state index is 12.5. The maximum Gasteiger partial charge on any atom is 0.276 e. The average molecular weight is 299 g/mol. The summed E-state index contributed by atoms with van der Waals surface area (Å²) in [7, 11) is 0. The van der Waals surface area contributed by atoms with Crippen molar-refractivity contribution in [1.29, 1.82) is 0 Å². The standard InChI is InChI=1S/C15H9NO6/c17-10-3-1-8(2-4-10)11-7-22-13-6-9(16(20)21)5-12(18)14(13)15(11)19/h1-7,17-18H. The van der Waals surface area contributed by atoms with Crippen LogP contribution in [0.2, 0.25) is 0 Å². The number of hydrogen-bond donors (Lipinski definition) is 2. The minimum Gasteiger partial charge on any atom is -0.508 e. The normalized spacial score (nSPS) is 10.7. The number of nitrogens with zero attached hydrogens (tertiary/aromatic N) is 1. The molecule has 3 aromatic rings. The number of nitro benzene ring substituents is 1. The lowest BCUT2D eigenvalue weighted by Crippen LogP contribution is -2.05. The van der Waals surface area contributed by atoms with Gasteiger partial charge in [-0.15, -0.1) is 0 Å². The van der Waals surface area contributed by atoms with Gasteiger partial charge in [0.05, 0.1) is 22.6 Å². The molecule has 2 aromatic carbocycles. The van der Waals surface area contributed by atoms with Gasteiger partial charge in [0.15, 0.2) is 0 Å². The van der Waals surface area contributed by atoms with E-state index in [1.54, 1.807) is 0 Å². The Hall–Kier alpha value is -3.35. The predicted molar refractivity (Wildman–Crippen MR) is 77.9 cm³/mol. The fourth-order valence-corrected chi connectivity index (χ4v) is 2.16. The van der Waals surface area contributed by atoms with Gasteiger partial charge >= 0.3 is 0 Å². The van der Waals surface area contributed by atoms with Gasteiger partial charge < -0.3 is 14.6 Å². The van der Waals surface area contributed by atoms with Crippen LogP contribution in [0.1, 0.15) is 0 Å². The van der Waals surface area contributed by atoms with E-state index in [9.17, 15) is 25.1 Å². The smallest absolute Gasteiger partial charge is 0.276 e. The zero-order valence-electron chi connectivity index (χ0n) is 11.0. The Morgan fingerprint density at radius 1 is 1.09 bits per heavy atom. The molecule has 0 bridgehead atoms. The van der Waals surface area contributed by atoms with E-state index in [4.69, 9.17) is 4.42 Å². The molecule has 0 aliphatic carbocycles. The Bertz CT molecular complexity index is 943. The molecule has 0 fully saturated rings. The van der Waals surface area contributed by atoms with E-state index in [1.807, 2.05) is 0 Å². The van der Waals surface area contributed by atoms with Gasteiger partial charge in [-0.05, 0) is 17.7 Å². The molecule has 0 aliphatic heterocycles. The summed E-state index contributed by atoms with van der Waals surface area (Å²) in [5.74, 6) is -0.467. The Balaban J connectivity index is 2.28. The van der Waals surface area contributed by atoms with Crippen molar-refractivity contribution in [1.82, 2.24) is 0 Å². The lowest BCUT2D eigenvalue weighted by molar-refractivity contribution is -0.384. The summed E-state index contributed by atoms with van der Waals surface area (Å²) in [4.78, 5) is 22.5. The molecule has 0 radical (unpaired) electrons. The van der Waals surface area contributed by atoms with Gasteiger partial charge in [-0.3, -0.25) is 14.9 Å². The minimum absolute atomic E-state index is 0.0485. The second-order valence-corrected chi connectivity index (χ2v) is 4.62. The maximum atomic E-state index is 12.5. The van der Waals surface area contributed by atoms with E-state index >= 15 is 0 Å². The van der Waals surface area contributed by atoms with Gasteiger partial charge in [0.25, 0.3) is 5.69 Å². The summed E-state index contributed by atoms with van der Waals surface area (Å²) in [6.07, 6.45) is 1.17. The van der Waals surface area contributed by atoms with Crippen LogP contribution in [-0.2, 0) is 0 Å². The molecule has 0 saturated carbocycles. The van der Waals surface area contributed by atoms with Crippen molar-refractivity contribution in [2.45, 2.75) is 0 Å². The van der Waals surface area contributed by atoms with Crippen LogP contribution in [0.3, 0.4) is 0 Å². The fraction of sp³-hybridized carbons (Fsp3) is 0. The zero-order valence-corrected chi connectivity index (χ0v) is 11.0. The van der Waals surface area contributed by atoms with E-state index in [1.165, 1.54) is 30.5 Å². The van der Waals surface area contributed by atoms with Gasteiger partial charge in [0.1, 0.15) is 28.7 Å². The van der Waals surface area contributed by atoms with Gasteiger partial charge in [-0.2, -0.15) is 0 Å². The lowest BCUT2D eigenvalue weighted by Gasteiger charge is -2.04. The largest absolute Gasteiger partial charge is 0.508 e. The van der Waals surface area contributed by atoms with Gasteiger partial charge in [-0.1, -0.05) is 12.1 Å². The van der Waals surface area contributed by atoms with Gasteiger partial charge in [0.2, 0.25) is 5.43 Å². The van der Waals surface area contributed by atoms with Crippen molar-refractivity contribution in [3.8, 4) is 22.6 Å². The van der Waals surface area contributed by atoms with Crippen LogP contribution in [-0.4, -0.2) is 15.1 Å². The molecular formula is C15H9NO6. The molecule has 3 rings (SSSR count). The molecule has 7 nitrogen and oxygen atoms in total. The molecule has 0 spiro atoms. The van der Waals surface area contributed by atoms with Crippen LogP contribution in [0.5, 0.6) is 11.5 Å². The van der Waals surface area contributed by atoms with Crippen molar-refractivity contribution in [3.05, 3.63) is 63.0 Å². The number of non-ortho nitro benzene ring substituents is 1. The molecule has 0 aliphatic rings. The molecule has 0 unspecified atom stereocenters. The number of fused-ring (bicyclic) bond motifs is 1. The van der Waals surface area contributed by atoms with Crippen molar-refractivity contribution in [2.75, 3.05) is 0 Å². The highest BCUT2D eigenvalue weighted by Crippen LogP contribution is 2.30. The average Bonchev–Trinajstić information content (AvgIpc) is 2.48. The Morgan fingerprint density at radius 2 is 1.77 bits per heavy atom. The minimum atomic E-state index is -0.687. The Labute approximate surface area is 122 Å². The third-order valence-electron chi connectivity index (χ3n) is 3.23. The van der Waals surface area contributed by atoms with E-state index < -0.39 is 16.1 Å². The van der Waals surface area contributed by atoms with Crippen molar-refractivity contribution < 1.29 is 19.6 Å². The fourth-order valence-electron chi connectivity index (χ4n) is 2.16. The SMILES string of the molecule is O=c1c(-c2ccc(O)cc2)coc2cc([N+](=O)[O-])cc(O)c12. The first-order valence-corrected chi connectivity index (χ1v) is 6.19. The topological polar surface area (TPSA) is 114 Å². The second-order valence-electron chi connectivity index (χ2n) is 4.62. The molecule has 2 N–H and O–H groups in total. The van der Waals surface area contributed by atoms with Crippen LogP contribution in [0.4, 0.5) is 5.69 Å². The lowest BCUT2D eigenvalue weighted by atomic mass is 10.0. The molecule has 0 amide bonds.